The summed E-state index contributed by atoms with van der Waals surface area (Å²) in [5, 5.41) is 3.80. The van der Waals surface area contributed by atoms with E-state index in [2.05, 4.69) is 21.4 Å². The van der Waals surface area contributed by atoms with E-state index in [9.17, 15) is 4.79 Å². The molecule has 27 heavy (non-hydrogen) atoms. The number of methoxy groups -OCH3 is 1. The molecular weight excluding hydrogens is 358 g/mol. The van der Waals surface area contributed by atoms with Crippen LogP contribution >= 0.6 is 11.8 Å². The molecule has 1 N–H and O–H groups in total. The number of nitrogens with zero attached hydrogens (tertiary/aromatic N) is 2. The van der Waals surface area contributed by atoms with Gasteiger partial charge in [0.15, 0.2) is 5.16 Å². The third kappa shape index (κ3) is 4.92. The van der Waals surface area contributed by atoms with Crippen molar-refractivity contribution in [3.8, 4) is 5.75 Å². The summed E-state index contributed by atoms with van der Waals surface area (Å²) in [6, 6.07) is 15.8. The smallest absolute Gasteiger partial charge is 0.230 e. The van der Waals surface area contributed by atoms with Crippen LogP contribution in [-0.2, 0) is 17.8 Å². The Balaban J connectivity index is 1.52. The Morgan fingerprint density at radius 1 is 1.26 bits per heavy atom. The van der Waals surface area contributed by atoms with Crippen LogP contribution in [0.5, 0.6) is 5.75 Å². The summed E-state index contributed by atoms with van der Waals surface area (Å²) in [4.78, 5) is 16.8. The van der Waals surface area contributed by atoms with E-state index in [1.54, 1.807) is 7.11 Å². The van der Waals surface area contributed by atoms with Gasteiger partial charge in [-0.1, -0.05) is 42.1 Å². The van der Waals surface area contributed by atoms with Crippen molar-refractivity contribution in [3.05, 3.63) is 66.7 Å². The lowest BCUT2D eigenvalue weighted by Gasteiger charge is -2.07. The molecule has 1 aromatic heterocycles. The maximum absolute atomic E-state index is 12.2. The van der Waals surface area contributed by atoms with E-state index in [0.717, 1.165) is 33.9 Å². The van der Waals surface area contributed by atoms with Crippen LogP contribution in [0.3, 0.4) is 0 Å². The number of nitrogens with one attached hydrogen (secondary N) is 1. The molecule has 0 aliphatic heterocycles. The second-order valence-electron chi connectivity index (χ2n) is 6.02. The lowest BCUT2D eigenvalue weighted by Crippen LogP contribution is -2.27. The zero-order valence-corrected chi connectivity index (χ0v) is 16.2. The molecule has 0 unspecified atom stereocenters. The molecule has 0 aliphatic rings. The summed E-state index contributed by atoms with van der Waals surface area (Å²) >= 11 is 1.45. The first-order chi connectivity index (χ1) is 13.2. The van der Waals surface area contributed by atoms with Crippen LogP contribution in [0.4, 0.5) is 0 Å². The van der Waals surface area contributed by atoms with Gasteiger partial charge in [-0.05, 0) is 36.2 Å². The maximum atomic E-state index is 12.2. The van der Waals surface area contributed by atoms with Gasteiger partial charge in [-0.2, -0.15) is 0 Å². The molecule has 0 bridgehead atoms. The summed E-state index contributed by atoms with van der Waals surface area (Å²) in [5.74, 6) is 1.18. The van der Waals surface area contributed by atoms with E-state index >= 15 is 0 Å². The minimum atomic E-state index is 0.00530. The predicted molar refractivity (Wildman–Crippen MR) is 110 cm³/mol. The van der Waals surface area contributed by atoms with Gasteiger partial charge < -0.3 is 14.6 Å². The molecule has 0 fully saturated rings. The lowest BCUT2D eigenvalue weighted by molar-refractivity contribution is -0.118. The summed E-state index contributed by atoms with van der Waals surface area (Å²) < 4.78 is 7.23. The number of carbonyl (C=O) groups excluding carboxylic acids is 1. The second-order valence-corrected chi connectivity index (χ2v) is 6.96. The maximum Gasteiger partial charge on any atom is 0.230 e. The second kappa shape index (κ2) is 9.28. The summed E-state index contributed by atoms with van der Waals surface area (Å²) in [6.07, 6.45) is 2.63. The standard InChI is InChI=1S/C21H23N3O2S/c1-3-14-24-19-7-5-4-6-18(19)23-21(24)27-15-20(25)22-13-12-16-8-10-17(26-2)11-9-16/h3-11H,1,12-15H2,2H3,(H,22,25). The van der Waals surface area contributed by atoms with Crippen molar-refractivity contribution >= 4 is 28.7 Å². The Bertz CT molecular complexity index is 919. The van der Waals surface area contributed by atoms with Crippen LogP contribution in [0.1, 0.15) is 5.56 Å². The molecule has 2 aromatic carbocycles. The highest BCUT2D eigenvalue weighted by Gasteiger charge is 2.11. The van der Waals surface area contributed by atoms with Crippen LogP contribution in [0.25, 0.3) is 11.0 Å². The number of ether oxygens (including phenoxy) is 1. The number of amides is 1. The first-order valence-electron chi connectivity index (χ1n) is 8.80. The normalized spacial score (nSPS) is 10.7. The van der Waals surface area contributed by atoms with Crippen molar-refractivity contribution < 1.29 is 9.53 Å². The molecule has 6 heteroatoms. The molecule has 0 atom stereocenters. The van der Waals surface area contributed by atoms with Crippen LogP contribution in [0.15, 0.2) is 66.3 Å². The first-order valence-corrected chi connectivity index (χ1v) is 9.78. The van der Waals surface area contributed by atoms with Gasteiger partial charge in [0.1, 0.15) is 5.75 Å². The Hall–Kier alpha value is -2.73. The molecular formula is C21H23N3O2S. The third-order valence-corrected chi connectivity index (χ3v) is 5.13. The average molecular weight is 382 g/mol. The summed E-state index contributed by atoms with van der Waals surface area (Å²) in [6.45, 7) is 5.09. The number of thioether (sulfide) groups is 1. The topological polar surface area (TPSA) is 56.2 Å². The van der Waals surface area contributed by atoms with Crippen molar-refractivity contribution in [2.45, 2.75) is 18.1 Å². The quantitative estimate of drug-likeness (QED) is 0.454. The molecule has 0 saturated heterocycles. The number of fused-ring (bicyclic) bond motifs is 1. The van der Waals surface area contributed by atoms with Gasteiger partial charge in [0.05, 0.1) is 23.9 Å². The molecule has 140 valence electrons. The van der Waals surface area contributed by atoms with E-state index in [1.165, 1.54) is 11.8 Å². The number of rotatable bonds is 9. The monoisotopic (exact) mass is 381 g/mol. The number of hydrogen-bond acceptors (Lipinski definition) is 4. The fourth-order valence-corrected chi connectivity index (χ4v) is 3.64. The number of para-hydroxylation sites is 2. The van der Waals surface area contributed by atoms with Gasteiger partial charge >= 0.3 is 0 Å². The van der Waals surface area contributed by atoms with Gasteiger partial charge in [-0.3, -0.25) is 4.79 Å². The zero-order valence-electron chi connectivity index (χ0n) is 15.4. The number of allylic oxidation sites excluding steroid dienone is 1. The van der Waals surface area contributed by atoms with Crippen LogP contribution in [0, 0.1) is 0 Å². The van der Waals surface area contributed by atoms with Crippen LogP contribution < -0.4 is 10.1 Å². The number of carbonyl (C=O) groups is 1. The van der Waals surface area contributed by atoms with Crippen molar-refractivity contribution in [3.63, 3.8) is 0 Å². The molecule has 0 radical (unpaired) electrons. The van der Waals surface area contributed by atoms with Crippen molar-refractivity contribution in [1.29, 1.82) is 0 Å². The zero-order chi connectivity index (χ0) is 19.1. The van der Waals surface area contributed by atoms with Crippen LogP contribution in [-0.4, -0.2) is 34.9 Å². The average Bonchev–Trinajstić information content (AvgIpc) is 3.05. The van der Waals surface area contributed by atoms with Crippen molar-refractivity contribution in [2.75, 3.05) is 19.4 Å². The molecule has 5 nitrogen and oxygen atoms in total. The van der Waals surface area contributed by atoms with Crippen LogP contribution in [0.2, 0.25) is 0 Å². The minimum Gasteiger partial charge on any atom is -0.497 e. The van der Waals surface area contributed by atoms with E-state index in [0.29, 0.717) is 18.8 Å². The number of aromatic nitrogens is 2. The Morgan fingerprint density at radius 3 is 2.78 bits per heavy atom. The van der Waals surface area contributed by atoms with E-state index < -0.39 is 0 Å². The molecule has 0 aliphatic carbocycles. The lowest BCUT2D eigenvalue weighted by atomic mass is 10.1. The predicted octanol–water partition coefficient (Wildman–Crippen LogP) is 3.68. The molecule has 3 rings (SSSR count). The molecule has 0 spiro atoms. The van der Waals surface area contributed by atoms with E-state index in [1.807, 2.05) is 54.6 Å². The highest BCUT2D eigenvalue weighted by molar-refractivity contribution is 7.99. The highest BCUT2D eigenvalue weighted by atomic mass is 32.2. The highest BCUT2D eigenvalue weighted by Crippen LogP contribution is 2.24. The number of benzene rings is 2. The Morgan fingerprint density at radius 2 is 2.04 bits per heavy atom. The van der Waals surface area contributed by atoms with Gasteiger partial charge in [0, 0.05) is 13.1 Å². The van der Waals surface area contributed by atoms with E-state index in [4.69, 9.17) is 4.74 Å². The first kappa shape index (κ1) is 19.0. The van der Waals surface area contributed by atoms with Gasteiger partial charge in [-0.15, -0.1) is 6.58 Å². The number of imidazole rings is 1. The Kier molecular flexibility index (Phi) is 6.54. The molecule has 1 amide bonds. The summed E-state index contributed by atoms with van der Waals surface area (Å²) in [5.41, 5.74) is 3.15. The van der Waals surface area contributed by atoms with Gasteiger partial charge in [-0.25, -0.2) is 4.98 Å². The number of hydrogen-bond donors (Lipinski definition) is 1. The largest absolute Gasteiger partial charge is 0.497 e. The Labute approximate surface area is 163 Å². The third-order valence-electron chi connectivity index (χ3n) is 4.16. The summed E-state index contributed by atoms with van der Waals surface area (Å²) in [7, 11) is 1.65. The van der Waals surface area contributed by atoms with Gasteiger partial charge in [0.25, 0.3) is 0 Å². The van der Waals surface area contributed by atoms with Crippen molar-refractivity contribution in [1.82, 2.24) is 14.9 Å². The fourth-order valence-electron chi connectivity index (χ4n) is 2.79. The SMILES string of the molecule is C=CCn1c(SCC(=O)NCCc2ccc(OC)cc2)nc2ccccc21. The van der Waals surface area contributed by atoms with Crippen molar-refractivity contribution in [2.24, 2.45) is 0 Å². The fraction of sp³-hybridized carbons (Fsp3) is 0.238. The minimum absolute atomic E-state index is 0.00530. The molecule has 3 aromatic rings. The molecule has 0 saturated carbocycles. The molecule has 1 heterocycles. The van der Waals surface area contributed by atoms with E-state index in [-0.39, 0.29) is 5.91 Å². The van der Waals surface area contributed by atoms with Gasteiger partial charge in [0.2, 0.25) is 5.91 Å².